The van der Waals surface area contributed by atoms with Crippen molar-refractivity contribution >= 4 is 33.5 Å². The molecule has 0 N–H and O–H groups in total. The molecule has 1 fully saturated rings. The maximum Gasteiger partial charge on any atom is 0.211 e. The van der Waals surface area contributed by atoms with E-state index in [9.17, 15) is 13.2 Å². The molecule has 1 saturated heterocycles. The molecule has 0 spiro atoms. The average Bonchev–Trinajstić information content (AvgIpc) is 3.13. The highest BCUT2D eigenvalue weighted by Crippen LogP contribution is 2.32. The summed E-state index contributed by atoms with van der Waals surface area (Å²) in [6.07, 6.45) is 4.22. The number of aromatic nitrogens is 1. The molecule has 3 heterocycles. The predicted molar refractivity (Wildman–Crippen MR) is 84.3 cm³/mol. The van der Waals surface area contributed by atoms with Crippen LogP contribution < -0.4 is 0 Å². The van der Waals surface area contributed by atoms with Crippen LogP contribution in [0.1, 0.15) is 11.4 Å². The molecule has 0 amide bonds. The van der Waals surface area contributed by atoms with Crippen LogP contribution in [-0.2, 0) is 14.8 Å². The molecular weight excluding hydrogens is 324 g/mol. The van der Waals surface area contributed by atoms with Crippen molar-refractivity contribution in [1.82, 2.24) is 14.2 Å². The number of aldehydes is 1. The van der Waals surface area contributed by atoms with Gasteiger partial charge in [0, 0.05) is 48.9 Å². The van der Waals surface area contributed by atoms with Gasteiger partial charge in [-0.25, -0.2) is 13.4 Å². The Balaban J connectivity index is 1.95. The first-order chi connectivity index (χ1) is 10.4. The van der Waals surface area contributed by atoms with Crippen LogP contribution in [0.2, 0.25) is 0 Å². The summed E-state index contributed by atoms with van der Waals surface area (Å²) < 4.78 is 24.9. The second-order valence-electron chi connectivity index (χ2n) is 5.31. The monoisotopic (exact) mass is 340 g/mol. The first-order valence-corrected chi connectivity index (χ1v) is 9.46. The number of carbonyl (C=O) groups is 1. The van der Waals surface area contributed by atoms with Gasteiger partial charge in [0.1, 0.15) is 6.29 Å². The van der Waals surface area contributed by atoms with Crippen molar-refractivity contribution in [3.8, 4) is 0 Å². The number of rotatable bonds is 4. The molecule has 7 nitrogen and oxygen atoms in total. The second kappa shape index (κ2) is 5.56. The number of hydrogen-bond donors (Lipinski definition) is 0. The van der Waals surface area contributed by atoms with Crippen LogP contribution in [0.5, 0.6) is 0 Å². The average molecular weight is 340 g/mol. The number of sulfonamides is 1. The lowest BCUT2D eigenvalue weighted by Crippen LogP contribution is -2.40. The van der Waals surface area contributed by atoms with Crippen LogP contribution in [0.25, 0.3) is 0 Å². The lowest BCUT2D eigenvalue weighted by Gasteiger charge is -2.26. The number of carbonyl (C=O) groups excluding carboxylic acids is 1. The fourth-order valence-electron chi connectivity index (χ4n) is 2.71. The molecule has 0 radical (unpaired) electrons. The fourth-order valence-corrected chi connectivity index (χ4v) is 4.05. The number of hydrogen-bond acceptors (Lipinski definition) is 7. The molecule has 1 aromatic rings. The van der Waals surface area contributed by atoms with Crippen molar-refractivity contribution in [3.05, 3.63) is 27.9 Å². The van der Waals surface area contributed by atoms with Crippen molar-refractivity contribution in [1.29, 1.82) is 0 Å². The van der Waals surface area contributed by atoms with Crippen LogP contribution in [0, 0.1) is 0 Å². The minimum Gasteiger partial charge on any atom is -0.326 e. The molecule has 0 aliphatic carbocycles. The van der Waals surface area contributed by atoms with Crippen LogP contribution in [0.15, 0.2) is 27.8 Å². The Labute approximate surface area is 133 Å². The van der Waals surface area contributed by atoms with Crippen LogP contribution in [0.3, 0.4) is 0 Å². The second-order valence-corrected chi connectivity index (χ2v) is 8.25. The van der Waals surface area contributed by atoms with Crippen molar-refractivity contribution in [2.75, 3.05) is 26.4 Å². The molecule has 3 rings (SSSR count). The minimum atomic E-state index is -3.28. The lowest BCUT2D eigenvalue weighted by molar-refractivity contribution is -0.105. The quantitative estimate of drug-likeness (QED) is 0.737. The summed E-state index contributed by atoms with van der Waals surface area (Å²) in [4.78, 5) is 21.9. The predicted octanol–water partition coefficient (Wildman–Crippen LogP) is 0.322. The number of nitrogens with zero attached hydrogens (tertiary/aromatic N) is 4. The van der Waals surface area contributed by atoms with Crippen molar-refractivity contribution in [2.24, 2.45) is 4.99 Å². The van der Waals surface area contributed by atoms with Crippen molar-refractivity contribution in [3.63, 3.8) is 0 Å². The Kier molecular flexibility index (Phi) is 3.87. The van der Waals surface area contributed by atoms with E-state index < -0.39 is 10.0 Å². The highest BCUT2D eigenvalue weighted by Gasteiger charge is 2.38. The Bertz CT molecular complexity index is 752. The maximum atomic E-state index is 11.8. The van der Waals surface area contributed by atoms with Gasteiger partial charge in [-0.2, -0.15) is 4.31 Å². The van der Waals surface area contributed by atoms with E-state index in [1.807, 2.05) is 10.3 Å². The van der Waals surface area contributed by atoms with Gasteiger partial charge >= 0.3 is 0 Å². The number of fused-ring (bicyclic) bond motifs is 1. The summed E-state index contributed by atoms with van der Waals surface area (Å²) >= 11 is 1.48. The highest BCUT2D eigenvalue weighted by molar-refractivity contribution is 7.88. The third-order valence-electron chi connectivity index (χ3n) is 3.98. The van der Waals surface area contributed by atoms with Gasteiger partial charge in [0.15, 0.2) is 10.8 Å². The van der Waals surface area contributed by atoms with Gasteiger partial charge in [-0.05, 0) is 0 Å². The summed E-state index contributed by atoms with van der Waals surface area (Å²) in [7, 11) is -1.71. The van der Waals surface area contributed by atoms with Gasteiger partial charge in [-0.1, -0.05) is 0 Å². The molecule has 2 aliphatic heterocycles. The van der Waals surface area contributed by atoms with Gasteiger partial charge in [0.05, 0.1) is 12.8 Å². The van der Waals surface area contributed by atoms with Gasteiger partial charge < -0.3 is 4.90 Å². The third kappa shape index (κ3) is 2.59. The molecule has 22 heavy (non-hydrogen) atoms. The molecule has 1 unspecified atom stereocenters. The van der Waals surface area contributed by atoms with E-state index in [4.69, 9.17) is 0 Å². The van der Waals surface area contributed by atoms with Crippen LogP contribution >= 0.6 is 11.3 Å². The van der Waals surface area contributed by atoms with Crippen molar-refractivity contribution < 1.29 is 13.2 Å². The number of amidine groups is 1. The molecule has 0 bridgehead atoms. The van der Waals surface area contributed by atoms with E-state index in [-0.39, 0.29) is 6.04 Å². The zero-order valence-electron chi connectivity index (χ0n) is 12.3. The van der Waals surface area contributed by atoms with E-state index in [1.54, 1.807) is 13.2 Å². The van der Waals surface area contributed by atoms with Crippen LogP contribution in [0.4, 0.5) is 0 Å². The molecule has 118 valence electrons. The zero-order chi connectivity index (χ0) is 15.9. The van der Waals surface area contributed by atoms with Gasteiger partial charge in [0.2, 0.25) is 10.0 Å². The number of thiazole rings is 1. The zero-order valence-corrected chi connectivity index (χ0v) is 13.9. The van der Waals surface area contributed by atoms with Gasteiger partial charge in [0.25, 0.3) is 0 Å². The minimum absolute atomic E-state index is 0.205. The Morgan fingerprint density at radius 2 is 2.27 bits per heavy atom. The Hall–Kier alpha value is -1.58. The lowest BCUT2D eigenvalue weighted by atomic mass is 10.1. The molecular formula is C13H16N4O3S2. The fraction of sp³-hybridized carbons (Fsp3) is 0.462. The standard InChI is InChI=1S/C13H16N4O3S2/c1-16(22(2,19)20)10-5-11-9(8-18)6-15-12(17(11)7-10)13-14-3-4-21-13/h3-4,8,10H,5-7H2,1-2H3. The van der Waals surface area contributed by atoms with Gasteiger partial charge in [-0.15, -0.1) is 11.3 Å². The number of likely N-dealkylation sites (N-methyl/N-ethyl adjacent to an activating group) is 1. The molecule has 1 aromatic heterocycles. The maximum absolute atomic E-state index is 11.8. The molecule has 0 aromatic carbocycles. The Morgan fingerprint density at radius 3 is 2.86 bits per heavy atom. The van der Waals surface area contributed by atoms with Crippen molar-refractivity contribution in [2.45, 2.75) is 12.5 Å². The summed E-state index contributed by atoms with van der Waals surface area (Å²) in [6, 6.07) is -0.205. The van der Waals surface area contributed by atoms with E-state index in [2.05, 4.69) is 9.98 Å². The van der Waals surface area contributed by atoms with Gasteiger partial charge in [-0.3, -0.25) is 9.79 Å². The molecule has 0 saturated carbocycles. The summed E-state index contributed by atoms with van der Waals surface area (Å²) in [5.41, 5.74) is 1.47. The van der Waals surface area contributed by atoms with Crippen LogP contribution in [-0.4, -0.2) is 67.2 Å². The van der Waals surface area contributed by atoms with E-state index in [1.165, 1.54) is 21.9 Å². The van der Waals surface area contributed by atoms with E-state index in [0.717, 1.165) is 22.8 Å². The summed E-state index contributed by atoms with van der Waals surface area (Å²) in [6.45, 7) is 0.800. The van der Waals surface area contributed by atoms with E-state index in [0.29, 0.717) is 25.1 Å². The molecule has 9 heteroatoms. The first kappa shape index (κ1) is 15.3. The summed E-state index contributed by atoms with van der Waals surface area (Å²) in [5, 5.41) is 2.65. The third-order valence-corrected chi connectivity index (χ3v) is 6.09. The molecule has 2 aliphatic rings. The smallest absolute Gasteiger partial charge is 0.211 e. The topological polar surface area (TPSA) is 82.9 Å². The highest BCUT2D eigenvalue weighted by atomic mass is 32.2. The SMILES string of the molecule is CN(C1CC2=C(C=O)CN=C(c3nccs3)N2C1)S(C)(=O)=O. The van der Waals surface area contributed by atoms with E-state index >= 15 is 0 Å². The summed E-state index contributed by atoms with van der Waals surface area (Å²) in [5.74, 6) is 0.722. The Morgan fingerprint density at radius 1 is 1.50 bits per heavy atom. The largest absolute Gasteiger partial charge is 0.326 e. The normalized spacial score (nSPS) is 22.0. The number of aliphatic imine (C=N–C) groups is 1. The molecule has 1 atom stereocenters. The first-order valence-electron chi connectivity index (χ1n) is 6.74.